The molecule has 0 bridgehead atoms. The van der Waals surface area contributed by atoms with E-state index >= 15 is 0 Å². The van der Waals surface area contributed by atoms with Crippen LogP contribution in [0.1, 0.15) is 48.2 Å². The standard InChI is InChI=1S/C24H31F3N4O3/c1-15(2)14-34-21-10-16(4-5-20(21)33-3)13-31-8-6-17(7-9-31)30-22-11-19(24(25,26)27)18(12-29-22)23(28)32/h4-5,10-12,15,17H,6-9,13-14H2,1-3H3,(H2,28,32)(H,29,30). The number of ether oxygens (including phenoxy) is 2. The molecule has 1 aliphatic rings. The number of rotatable bonds is 9. The first-order valence-electron chi connectivity index (χ1n) is 11.2. The normalized spacial score (nSPS) is 15.4. The van der Waals surface area contributed by atoms with Gasteiger partial charge in [-0.2, -0.15) is 13.2 Å². The highest BCUT2D eigenvalue weighted by molar-refractivity contribution is 5.94. The molecule has 0 radical (unpaired) electrons. The Morgan fingerprint density at radius 2 is 1.94 bits per heavy atom. The number of aromatic nitrogens is 1. The van der Waals surface area contributed by atoms with Crippen LogP contribution in [0.5, 0.6) is 11.5 Å². The number of benzene rings is 1. The molecule has 0 unspecified atom stereocenters. The van der Waals surface area contributed by atoms with Crippen molar-refractivity contribution in [1.29, 1.82) is 0 Å². The van der Waals surface area contributed by atoms with Crippen LogP contribution in [0.4, 0.5) is 19.0 Å². The Hall–Kier alpha value is -3.01. The predicted octanol–water partition coefficient (Wildman–Crippen LogP) is 4.32. The number of methoxy groups -OCH3 is 1. The van der Waals surface area contributed by atoms with Gasteiger partial charge in [0.05, 0.1) is 24.8 Å². The van der Waals surface area contributed by atoms with Gasteiger partial charge in [-0.25, -0.2) is 4.98 Å². The van der Waals surface area contributed by atoms with Crippen molar-refractivity contribution in [2.24, 2.45) is 11.7 Å². The van der Waals surface area contributed by atoms with Crippen LogP contribution in [-0.2, 0) is 12.7 Å². The number of anilines is 1. The smallest absolute Gasteiger partial charge is 0.417 e. The number of primary amides is 1. The number of amides is 1. The van der Waals surface area contributed by atoms with Gasteiger partial charge in [-0.1, -0.05) is 19.9 Å². The molecule has 2 aromatic rings. The summed E-state index contributed by atoms with van der Waals surface area (Å²) in [5.74, 6) is 0.735. The molecule has 186 valence electrons. The Morgan fingerprint density at radius 3 is 2.53 bits per heavy atom. The number of alkyl halides is 3. The fourth-order valence-electron chi connectivity index (χ4n) is 3.86. The average molecular weight is 481 g/mol. The first-order valence-corrected chi connectivity index (χ1v) is 11.2. The molecule has 1 aromatic carbocycles. The Labute approximate surface area is 197 Å². The van der Waals surface area contributed by atoms with Crippen molar-refractivity contribution in [2.75, 3.05) is 32.1 Å². The topological polar surface area (TPSA) is 89.7 Å². The molecule has 0 atom stereocenters. The summed E-state index contributed by atoms with van der Waals surface area (Å²) in [7, 11) is 1.61. The number of piperidine rings is 1. The summed E-state index contributed by atoms with van der Waals surface area (Å²) in [6.07, 6.45) is -2.32. The molecule has 0 saturated carbocycles. The van der Waals surface area contributed by atoms with Gasteiger partial charge in [0.1, 0.15) is 5.82 Å². The van der Waals surface area contributed by atoms with Gasteiger partial charge in [0.15, 0.2) is 11.5 Å². The Bertz CT molecular complexity index is 990. The molecule has 1 fully saturated rings. The summed E-state index contributed by atoms with van der Waals surface area (Å²) in [5, 5.41) is 3.07. The highest BCUT2D eigenvalue weighted by Crippen LogP contribution is 2.33. The molecule has 0 spiro atoms. The fraction of sp³-hybridized carbons (Fsp3) is 0.500. The SMILES string of the molecule is COc1ccc(CN2CCC(Nc3cc(C(F)(F)F)c(C(N)=O)cn3)CC2)cc1OCC(C)C. The van der Waals surface area contributed by atoms with Crippen LogP contribution in [-0.4, -0.2) is 48.6 Å². The van der Waals surface area contributed by atoms with Gasteiger partial charge in [0, 0.05) is 31.9 Å². The van der Waals surface area contributed by atoms with Crippen molar-refractivity contribution in [3.63, 3.8) is 0 Å². The van der Waals surface area contributed by atoms with Crippen LogP contribution in [0.15, 0.2) is 30.5 Å². The number of nitrogens with two attached hydrogens (primary N) is 1. The Kier molecular flexibility index (Phi) is 8.24. The minimum absolute atomic E-state index is 0.0231. The highest BCUT2D eigenvalue weighted by Gasteiger charge is 2.35. The number of hydrogen-bond acceptors (Lipinski definition) is 6. The van der Waals surface area contributed by atoms with Crippen molar-refractivity contribution in [1.82, 2.24) is 9.88 Å². The second kappa shape index (κ2) is 10.9. The third kappa shape index (κ3) is 6.75. The predicted molar refractivity (Wildman–Crippen MR) is 123 cm³/mol. The molecule has 1 aromatic heterocycles. The number of nitrogens with zero attached hydrogens (tertiary/aromatic N) is 2. The van der Waals surface area contributed by atoms with Gasteiger partial charge in [0.2, 0.25) is 0 Å². The molecule has 34 heavy (non-hydrogen) atoms. The van der Waals surface area contributed by atoms with Crippen molar-refractivity contribution < 1.29 is 27.4 Å². The van der Waals surface area contributed by atoms with E-state index in [1.807, 2.05) is 18.2 Å². The first-order chi connectivity index (χ1) is 16.1. The van der Waals surface area contributed by atoms with Crippen LogP contribution >= 0.6 is 0 Å². The van der Waals surface area contributed by atoms with E-state index in [1.165, 1.54) is 0 Å². The number of carbonyl (C=O) groups excluding carboxylic acids is 1. The van der Waals surface area contributed by atoms with Crippen molar-refractivity contribution in [3.05, 3.63) is 47.2 Å². The van der Waals surface area contributed by atoms with Gasteiger partial charge in [-0.05, 0) is 42.5 Å². The van der Waals surface area contributed by atoms with E-state index in [0.29, 0.717) is 18.3 Å². The third-order valence-electron chi connectivity index (χ3n) is 5.62. The second-order valence-electron chi connectivity index (χ2n) is 8.86. The minimum Gasteiger partial charge on any atom is -0.493 e. The number of likely N-dealkylation sites (tertiary alicyclic amines) is 1. The largest absolute Gasteiger partial charge is 0.493 e. The maximum atomic E-state index is 13.3. The van der Waals surface area contributed by atoms with Crippen LogP contribution in [0.25, 0.3) is 0 Å². The Balaban J connectivity index is 1.59. The molecular formula is C24H31F3N4O3. The summed E-state index contributed by atoms with van der Waals surface area (Å²) in [6, 6.07) is 6.73. The van der Waals surface area contributed by atoms with Crippen LogP contribution < -0.4 is 20.5 Å². The molecule has 1 saturated heterocycles. The van der Waals surface area contributed by atoms with Crippen molar-refractivity contribution >= 4 is 11.7 Å². The second-order valence-corrected chi connectivity index (χ2v) is 8.86. The van der Waals surface area contributed by atoms with E-state index in [9.17, 15) is 18.0 Å². The number of halogens is 3. The molecule has 10 heteroatoms. The maximum Gasteiger partial charge on any atom is 0.417 e. The summed E-state index contributed by atoms with van der Waals surface area (Å²) >= 11 is 0. The summed E-state index contributed by atoms with van der Waals surface area (Å²) in [6.45, 7) is 7.05. The van der Waals surface area contributed by atoms with Crippen molar-refractivity contribution in [3.8, 4) is 11.5 Å². The van der Waals surface area contributed by atoms with E-state index in [2.05, 4.69) is 29.0 Å². The van der Waals surface area contributed by atoms with E-state index in [4.69, 9.17) is 15.2 Å². The fourth-order valence-corrected chi connectivity index (χ4v) is 3.86. The number of carbonyl (C=O) groups is 1. The lowest BCUT2D eigenvalue weighted by atomic mass is 10.0. The summed E-state index contributed by atoms with van der Waals surface area (Å²) in [5.41, 5.74) is 4.45. The highest BCUT2D eigenvalue weighted by atomic mass is 19.4. The molecule has 1 amide bonds. The molecule has 0 aliphatic carbocycles. The minimum atomic E-state index is -4.69. The molecule has 2 heterocycles. The van der Waals surface area contributed by atoms with Crippen LogP contribution in [0.2, 0.25) is 0 Å². The lowest BCUT2D eigenvalue weighted by Gasteiger charge is -2.32. The lowest BCUT2D eigenvalue weighted by molar-refractivity contribution is -0.137. The number of pyridine rings is 1. The molecule has 3 N–H and O–H groups in total. The zero-order valence-electron chi connectivity index (χ0n) is 19.6. The summed E-state index contributed by atoms with van der Waals surface area (Å²) in [4.78, 5) is 17.6. The Morgan fingerprint density at radius 1 is 1.24 bits per heavy atom. The van der Waals surface area contributed by atoms with E-state index in [0.717, 1.165) is 56.1 Å². The quantitative estimate of drug-likeness (QED) is 0.556. The lowest BCUT2D eigenvalue weighted by Crippen LogP contribution is -2.38. The van der Waals surface area contributed by atoms with Gasteiger partial charge in [-0.15, -0.1) is 0 Å². The van der Waals surface area contributed by atoms with Gasteiger partial charge in [0.25, 0.3) is 5.91 Å². The van der Waals surface area contributed by atoms with E-state index < -0.39 is 23.2 Å². The van der Waals surface area contributed by atoms with Gasteiger partial charge >= 0.3 is 6.18 Å². The molecule has 3 rings (SSSR count). The van der Waals surface area contributed by atoms with Gasteiger partial charge in [-0.3, -0.25) is 9.69 Å². The maximum absolute atomic E-state index is 13.3. The molecular weight excluding hydrogens is 449 g/mol. The van der Waals surface area contributed by atoms with E-state index in [-0.39, 0.29) is 11.9 Å². The average Bonchev–Trinajstić information content (AvgIpc) is 2.78. The number of hydrogen-bond donors (Lipinski definition) is 2. The van der Waals surface area contributed by atoms with Crippen LogP contribution in [0, 0.1) is 5.92 Å². The molecule has 1 aliphatic heterocycles. The zero-order chi connectivity index (χ0) is 24.9. The van der Waals surface area contributed by atoms with Gasteiger partial charge < -0.3 is 20.5 Å². The molecule has 7 nitrogen and oxygen atoms in total. The first kappa shape index (κ1) is 25.6. The van der Waals surface area contributed by atoms with Crippen LogP contribution in [0.3, 0.4) is 0 Å². The van der Waals surface area contributed by atoms with Crippen molar-refractivity contribution in [2.45, 2.75) is 45.5 Å². The summed E-state index contributed by atoms with van der Waals surface area (Å²) < 4.78 is 51.2. The zero-order valence-corrected chi connectivity index (χ0v) is 19.6. The van der Waals surface area contributed by atoms with E-state index in [1.54, 1.807) is 7.11 Å². The monoisotopic (exact) mass is 480 g/mol. The third-order valence-corrected chi connectivity index (χ3v) is 5.62. The number of nitrogens with one attached hydrogen (secondary N) is 1.